The number of hydrogen-bond donors (Lipinski definition) is 2. The lowest BCUT2D eigenvalue weighted by atomic mass is 9.96. The minimum absolute atomic E-state index is 0.106. The molecule has 5 heteroatoms. The number of piperidine rings is 1. The van der Waals surface area contributed by atoms with Crippen molar-refractivity contribution in [2.75, 3.05) is 39.8 Å². The molecule has 0 aromatic heterocycles. The van der Waals surface area contributed by atoms with E-state index in [1.807, 2.05) is 27.8 Å². The Balaban J connectivity index is 2.21. The summed E-state index contributed by atoms with van der Waals surface area (Å²) in [6, 6.07) is 0.208. The molecular formula is C15H31N3O2. The average molecular weight is 285 g/mol. The highest BCUT2D eigenvalue weighted by Gasteiger charge is 2.21. The van der Waals surface area contributed by atoms with E-state index < -0.39 is 0 Å². The van der Waals surface area contributed by atoms with Crippen LogP contribution in [0.25, 0.3) is 0 Å². The minimum Gasteiger partial charge on any atom is -0.392 e. The predicted molar refractivity (Wildman–Crippen MR) is 81.6 cm³/mol. The Kier molecular flexibility index (Phi) is 7.48. The van der Waals surface area contributed by atoms with Crippen LogP contribution in [0.2, 0.25) is 0 Å². The monoisotopic (exact) mass is 285 g/mol. The van der Waals surface area contributed by atoms with Crippen LogP contribution in [0.3, 0.4) is 0 Å². The number of rotatable bonds is 7. The molecule has 20 heavy (non-hydrogen) atoms. The van der Waals surface area contributed by atoms with Gasteiger partial charge < -0.3 is 15.3 Å². The first-order chi connectivity index (χ1) is 9.36. The SMILES string of the molecule is CC(C)NC(=O)CN(C)CC1CCN(C[C@H](C)O)CC1. The summed E-state index contributed by atoms with van der Waals surface area (Å²) in [5.41, 5.74) is 0. The van der Waals surface area contributed by atoms with Gasteiger partial charge in [0, 0.05) is 19.1 Å². The highest BCUT2D eigenvalue weighted by molar-refractivity contribution is 5.78. The fraction of sp³-hybridized carbons (Fsp3) is 0.933. The van der Waals surface area contributed by atoms with Crippen LogP contribution < -0.4 is 5.32 Å². The molecule has 1 saturated heterocycles. The number of nitrogens with one attached hydrogen (secondary N) is 1. The molecule has 0 saturated carbocycles. The molecule has 5 nitrogen and oxygen atoms in total. The van der Waals surface area contributed by atoms with Crippen molar-refractivity contribution in [2.45, 2.75) is 45.8 Å². The smallest absolute Gasteiger partial charge is 0.234 e. The molecule has 1 amide bonds. The van der Waals surface area contributed by atoms with Gasteiger partial charge in [0.05, 0.1) is 12.6 Å². The van der Waals surface area contributed by atoms with E-state index in [4.69, 9.17) is 0 Å². The number of carbonyl (C=O) groups is 1. The van der Waals surface area contributed by atoms with Crippen LogP contribution in [0.5, 0.6) is 0 Å². The number of amides is 1. The molecule has 1 aliphatic heterocycles. The van der Waals surface area contributed by atoms with Crippen molar-refractivity contribution in [3.63, 3.8) is 0 Å². The van der Waals surface area contributed by atoms with Gasteiger partial charge in [-0.3, -0.25) is 9.69 Å². The molecular weight excluding hydrogens is 254 g/mol. The number of carbonyl (C=O) groups excluding carboxylic acids is 1. The summed E-state index contributed by atoms with van der Waals surface area (Å²) < 4.78 is 0. The number of aliphatic hydroxyl groups is 1. The van der Waals surface area contributed by atoms with Crippen molar-refractivity contribution in [3.8, 4) is 0 Å². The summed E-state index contributed by atoms with van der Waals surface area (Å²) in [7, 11) is 2.02. The van der Waals surface area contributed by atoms with Crippen molar-refractivity contribution in [1.29, 1.82) is 0 Å². The normalized spacial score (nSPS) is 19.6. The van der Waals surface area contributed by atoms with E-state index in [1.165, 1.54) is 0 Å². The van der Waals surface area contributed by atoms with E-state index in [-0.39, 0.29) is 18.1 Å². The van der Waals surface area contributed by atoms with Crippen LogP contribution in [0.1, 0.15) is 33.6 Å². The third kappa shape index (κ3) is 7.22. The summed E-state index contributed by atoms with van der Waals surface area (Å²) in [5.74, 6) is 0.770. The molecule has 118 valence electrons. The maximum atomic E-state index is 11.7. The minimum atomic E-state index is -0.242. The highest BCUT2D eigenvalue weighted by Crippen LogP contribution is 2.18. The molecule has 1 aliphatic rings. The Morgan fingerprint density at radius 1 is 1.35 bits per heavy atom. The molecule has 0 aromatic carbocycles. The van der Waals surface area contributed by atoms with E-state index in [9.17, 15) is 9.90 Å². The Morgan fingerprint density at radius 2 is 1.95 bits per heavy atom. The number of likely N-dealkylation sites (tertiary alicyclic amines) is 1. The summed E-state index contributed by atoms with van der Waals surface area (Å²) >= 11 is 0. The third-order valence-corrected chi connectivity index (χ3v) is 3.66. The van der Waals surface area contributed by atoms with Gasteiger partial charge >= 0.3 is 0 Å². The molecule has 0 radical (unpaired) electrons. The van der Waals surface area contributed by atoms with Crippen LogP contribution in [-0.4, -0.2) is 72.7 Å². The molecule has 0 aromatic rings. The van der Waals surface area contributed by atoms with Crippen molar-refractivity contribution in [3.05, 3.63) is 0 Å². The second-order valence-electron chi connectivity index (χ2n) is 6.51. The van der Waals surface area contributed by atoms with Crippen molar-refractivity contribution in [2.24, 2.45) is 5.92 Å². The lowest BCUT2D eigenvalue weighted by Crippen LogP contribution is -2.43. The zero-order valence-electron chi connectivity index (χ0n) is 13.4. The van der Waals surface area contributed by atoms with Crippen LogP contribution in [0.15, 0.2) is 0 Å². The van der Waals surface area contributed by atoms with Gasteiger partial charge in [-0.25, -0.2) is 0 Å². The molecule has 0 unspecified atom stereocenters. The first kappa shape index (κ1) is 17.4. The average Bonchev–Trinajstić information content (AvgIpc) is 2.29. The second-order valence-corrected chi connectivity index (χ2v) is 6.51. The maximum Gasteiger partial charge on any atom is 0.234 e. The summed E-state index contributed by atoms with van der Waals surface area (Å²) in [5, 5.41) is 12.3. The molecule has 1 heterocycles. The fourth-order valence-electron chi connectivity index (χ4n) is 2.84. The zero-order valence-corrected chi connectivity index (χ0v) is 13.4. The van der Waals surface area contributed by atoms with Gasteiger partial charge in [0.2, 0.25) is 5.91 Å². The van der Waals surface area contributed by atoms with Crippen molar-refractivity contribution < 1.29 is 9.90 Å². The molecule has 0 aliphatic carbocycles. The van der Waals surface area contributed by atoms with Crippen LogP contribution >= 0.6 is 0 Å². The number of aliphatic hydroxyl groups excluding tert-OH is 1. The second kappa shape index (κ2) is 8.60. The Bertz CT molecular complexity index is 287. The molecule has 0 spiro atoms. The van der Waals surface area contributed by atoms with Crippen LogP contribution in [-0.2, 0) is 4.79 Å². The lowest BCUT2D eigenvalue weighted by Gasteiger charge is -2.34. The van der Waals surface area contributed by atoms with Gasteiger partial charge in [0.15, 0.2) is 0 Å². The Hall–Kier alpha value is -0.650. The Morgan fingerprint density at radius 3 is 2.45 bits per heavy atom. The first-order valence-corrected chi connectivity index (χ1v) is 7.75. The van der Waals surface area contributed by atoms with Crippen LogP contribution in [0, 0.1) is 5.92 Å². The summed E-state index contributed by atoms with van der Waals surface area (Å²) in [6.07, 6.45) is 2.07. The number of nitrogens with zero attached hydrogens (tertiary/aromatic N) is 2. The molecule has 1 rings (SSSR count). The summed E-state index contributed by atoms with van der Waals surface area (Å²) in [6.45, 7) is 10.2. The summed E-state index contributed by atoms with van der Waals surface area (Å²) in [4.78, 5) is 16.1. The van der Waals surface area contributed by atoms with Gasteiger partial charge in [0.25, 0.3) is 0 Å². The van der Waals surface area contributed by atoms with Gasteiger partial charge in [-0.2, -0.15) is 0 Å². The zero-order chi connectivity index (χ0) is 15.1. The molecule has 2 N–H and O–H groups in total. The highest BCUT2D eigenvalue weighted by atomic mass is 16.3. The van der Waals surface area contributed by atoms with Crippen molar-refractivity contribution in [1.82, 2.24) is 15.1 Å². The fourth-order valence-corrected chi connectivity index (χ4v) is 2.84. The molecule has 1 fully saturated rings. The van der Waals surface area contributed by atoms with E-state index in [2.05, 4.69) is 15.1 Å². The first-order valence-electron chi connectivity index (χ1n) is 7.75. The third-order valence-electron chi connectivity index (χ3n) is 3.66. The number of hydrogen-bond acceptors (Lipinski definition) is 4. The van der Waals surface area contributed by atoms with Gasteiger partial charge in [-0.15, -0.1) is 0 Å². The standard InChI is InChI=1S/C15H31N3O2/c1-12(2)16-15(20)11-17(4)10-14-5-7-18(8-6-14)9-13(3)19/h12-14,19H,5-11H2,1-4H3,(H,16,20)/t13-/m0/s1. The molecule has 0 bridgehead atoms. The lowest BCUT2D eigenvalue weighted by molar-refractivity contribution is -0.122. The number of likely N-dealkylation sites (N-methyl/N-ethyl adjacent to an activating group) is 1. The van der Waals surface area contributed by atoms with Crippen LogP contribution in [0.4, 0.5) is 0 Å². The van der Waals surface area contributed by atoms with Gasteiger partial charge in [0.1, 0.15) is 0 Å². The predicted octanol–water partition coefficient (Wildman–Crippen LogP) is 0.536. The maximum absolute atomic E-state index is 11.7. The number of β-amino-alcohol motifs (C(OH)–C–C–N with tert-alkyl or cyclic N) is 1. The van der Waals surface area contributed by atoms with Crippen molar-refractivity contribution >= 4 is 5.91 Å². The molecule has 1 atom stereocenters. The van der Waals surface area contributed by atoms with E-state index in [0.717, 1.165) is 39.0 Å². The van der Waals surface area contributed by atoms with E-state index in [1.54, 1.807) is 0 Å². The quantitative estimate of drug-likeness (QED) is 0.717. The van der Waals surface area contributed by atoms with E-state index in [0.29, 0.717) is 12.5 Å². The van der Waals surface area contributed by atoms with Gasteiger partial charge in [-0.1, -0.05) is 0 Å². The Labute approximate surface area is 123 Å². The largest absolute Gasteiger partial charge is 0.392 e. The topological polar surface area (TPSA) is 55.8 Å². The van der Waals surface area contributed by atoms with Gasteiger partial charge in [-0.05, 0) is 59.7 Å². The van der Waals surface area contributed by atoms with E-state index >= 15 is 0 Å².